The van der Waals surface area contributed by atoms with E-state index in [1.54, 1.807) is 7.11 Å². The first kappa shape index (κ1) is 13.9. The normalized spacial score (nSPS) is 20.4. The van der Waals surface area contributed by atoms with Gasteiger partial charge in [0.15, 0.2) is 0 Å². The minimum Gasteiger partial charge on any atom is -0.497 e. The number of likely N-dealkylation sites (tertiary alicyclic amines) is 1. The van der Waals surface area contributed by atoms with E-state index in [2.05, 4.69) is 6.07 Å². The van der Waals surface area contributed by atoms with Crippen molar-refractivity contribution in [2.45, 2.75) is 38.3 Å². The molecule has 0 aromatic heterocycles. The first-order chi connectivity index (χ1) is 9.11. The molecule has 1 saturated heterocycles. The van der Waals surface area contributed by atoms with Crippen LogP contribution in [0.1, 0.15) is 37.8 Å². The van der Waals surface area contributed by atoms with Crippen LogP contribution in [0.2, 0.25) is 0 Å². The SMILES string of the molecule is COc1cccc(C2CCCN2C(=O)CC(C)N)c1. The number of ether oxygens (including phenoxy) is 1. The summed E-state index contributed by atoms with van der Waals surface area (Å²) >= 11 is 0. The van der Waals surface area contributed by atoms with Crippen molar-refractivity contribution in [3.63, 3.8) is 0 Å². The number of carbonyl (C=O) groups excluding carboxylic acids is 1. The maximum Gasteiger partial charge on any atom is 0.224 e. The topological polar surface area (TPSA) is 55.6 Å². The van der Waals surface area contributed by atoms with Crippen molar-refractivity contribution in [3.8, 4) is 5.75 Å². The number of nitrogens with two attached hydrogens (primary N) is 1. The van der Waals surface area contributed by atoms with Crippen LogP contribution in [0.4, 0.5) is 0 Å². The molecule has 0 saturated carbocycles. The van der Waals surface area contributed by atoms with Gasteiger partial charge in [0.1, 0.15) is 5.75 Å². The molecule has 0 bridgehead atoms. The standard InChI is InChI=1S/C15H22N2O2/c1-11(16)9-15(18)17-8-4-7-14(17)12-5-3-6-13(10-12)19-2/h3,5-6,10-11,14H,4,7-9,16H2,1-2H3. The van der Waals surface area contributed by atoms with E-state index in [0.29, 0.717) is 6.42 Å². The van der Waals surface area contributed by atoms with Gasteiger partial charge in [-0.2, -0.15) is 0 Å². The predicted molar refractivity (Wildman–Crippen MR) is 74.9 cm³/mol. The highest BCUT2D eigenvalue weighted by Crippen LogP contribution is 2.33. The second kappa shape index (κ2) is 6.06. The van der Waals surface area contributed by atoms with Crippen LogP contribution >= 0.6 is 0 Å². The molecule has 1 aliphatic heterocycles. The van der Waals surface area contributed by atoms with E-state index in [1.807, 2.05) is 30.0 Å². The molecule has 104 valence electrons. The number of benzene rings is 1. The maximum atomic E-state index is 12.2. The van der Waals surface area contributed by atoms with Crippen LogP contribution in [0.15, 0.2) is 24.3 Å². The molecular weight excluding hydrogens is 240 g/mol. The predicted octanol–water partition coefficient (Wildman–Crippen LogP) is 2.10. The van der Waals surface area contributed by atoms with Crippen LogP contribution in [0.3, 0.4) is 0 Å². The van der Waals surface area contributed by atoms with Gasteiger partial charge in [-0.3, -0.25) is 4.79 Å². The van der Waals surface area contributed by atoms with E-state index < -0.39 is 0 Å². The Morgan fingerprint density at radius 3 is 3.05 bits per heavy atom. The van der Waals surface area contributed by atoms with Gasteiger partial charge in [0.05, 0.1) is 13.2 Å². The first-order valence-electron chi connectivity index (χ1n) is 6.81. The van der Waals surface area contributed by atoms with Crippen molar-refractivity contribution < 1.29 is 9.53 Å². The van der Waals surface area contributed by atoms with Gasteiger partial charge < -0.3 is 15.4 Å². The monoisotopic (exact) mass is 262 g/mol. The van der Waals surface area contributed by atoms with Crippen LogP contribution < -0.4 is 10.5 Å². The van der Waals surface area contributed by atoms with Crippen LogP contribution in [0.25, 0.3) is 0 Å². The Hall–Kier alpha value is -1.55. The molecule has 0 aliphatic carbocycles. The third-order valence-corrected chi connectivity index (χ3v) is 3.55. The van der Waals surface area contributed by atoms with E-state index >= 15 is 0 Å². The molecule has 1 aromatic rings. The fourth-order valence-electron chi connectivity index (χ4n) is 2.65. The molecule has 19 heavy (non-hydrogen) atoms. The summed E-state index contributed by atoms with van der Waals surface area (Å²) in [5.74, 6) is 0.990. The van der Waals surface area contributed by atoms with Gasteiger partial charge in [0.2, 0.25) is 5.91 Å². The molecule has 4 heteroatoms. The Morgan fingerprint density at radius 1 is 1.58 bits per heavy atom. The lowest BCUT2D eigenvalue weighted by Crippen LogP contribution is -2.34. The summed E-state index contributed by atoms with van der Waals surface area (Å²) in [6, 6.07) is 8.06. The van der Waals surface area contributed by atoms with Crippen molar-refractivity contribution >= 4 is 5.91 Å². The van der Waals surface area contributed by atoms with Gasteiger partial charge in [-0.1, -0.05) is 12.1 Å². The Kier molecular flexibility index (Phi) is 4.43. The number of nitrogens with zero attached hydrogens (tertiary/aromatic N) is 1. The molecule has 1 fully saturated rings. The molecule has 2 N–H and O–H groups in total. The van der Waals surface area contributed by atoms with Crippen LogP contribution in [-0.4, -0.2) is 30.5 Å². The third-order valence-electron chi connectivity index (χ3n) is 3.55. The average Bonchev–Trinajstić information content (AvgIpc) is 2.87. The third kappa shape index (κ3) is 3.26. The zero-order valence-corrected chi connectivity index (χ0v) is 11.6. The minimum absolute atomic E-state index is 0.0842. The number of hydrogen-bond donors (Lipinski definition) is 1. The molecule has 2 atom stereocenters. The maximum absolute atomic E-state index is 12.2. The molecule has 0 radical (unpaired) electrons. The van der Waals surface area contributed by atoms with Crippen LogP contribution in [0, 0.1) is 0 Å². The van der Waals surface area contributed by atoms with Crippen molar-refractivity contribution in [2.24, 2.45) is 5.73 Å². The van der Waals surface area contributed by atoms with Crippen molar-refractivity contribution in [1.29, 1.82) is 0 Å². The molecule has 1 aromatic carbocycles. The second-order valence-corrected chi connectivity index (χ2v) is 5.20. The number of methoxy groups -OCH3 is 1. The summed E-state index contributed by atoms with van der Waals surface area (Å²) in [7, 11) is 1.66. The van der Waals surface area contributed by atoms with Gasteiger partial charge in [-0.15, -0.1) is 0 Å². The summed E-state index contributed by atoms with van der Waals surface area (Å²) in [5.41, 5.74) is 6.87. The Balaban J connectivity index is 2.15. The molecule has 1 aliphatic rings. The summed E-state index contributed by atoms with van der Waals surface area (Å²) in [4.78, 5) is 14.2. The first-order valence-corrected chi connectivity index (χ1v) is 6.81. The smallest absolute Gasteiger partial charge is 0.224 e. The Morgan fingerprint density at radius 2 is 2.37 bits per heavy atom. The highest BCUT2D eigenvalue weighted by molar-refractivity contribution is 5.77. The van der Waals surface area contributed by atoms with Gasteiger partial charge in [0, 0.05) is 19.0 Å². The quantitative estimate of drug-likeness (QED) is 0.904. The minimum atomic E-state index is -0.0842. The lowest BCUT2D eigenvalue weighted by Gasteiger charge is -2.26. The molecule has 2 unspecified atom stereocenters. The van der Waals surface area contributed by atoms with Crippen LogP contribution in [0.5, 0.6) is 5.75 Å². The van der Waals surface area contributed by atoms with Crippen molar-refractivity contribution in [1.82, 2.24) is 4.90 Å². The van der Waals surface area contributed by atoms with Gasteiger partial charge >= 0.3 is 0 Å². The number of amides is 1. The molecular formula is C15H22N2O2. The van der Waals surface area contributed by atoms with Crippen molar-refractivity contribution in [2.75, 3.05) is 13.7 Å². The fourth-order valence-corrected chi connectivity index (χ4v) is 2.65. The van der Waals surface area contributed by atoms with E-state index in [1.165, 1.54) is 0 Å². The zero-order valence-electron chi connectivity index (χ0n) is 11.6. The fraction of sp³-hybridized carbons (Fsp3) is 0.533. The number of hydrogen-bond acceptors (Lipinski definition) is 3. The van der Waals surface area contributed by atoms with E-state index in [0.717, 1.165) is 30.7 Å². The van der Waals surface area contributed by atoms with Crippen LogP contribution in [-0.2, 0) is 4.79 Å². The highest BCUT2D eigenvalue weighted by atomic mass is 16.5. The lowest BCUT2D eigenvalue weighted by atomic mass is 10.0. The summed E-state index contributed by atoms with van der Waals surface area (Å²) in [5, 5.41) is 0. The second-order valence-electron chi connectivity index (χ2n) is 5.20. The zero-order chi connectivity index (χ0) is 13.8. The largest absolute Gasteiger partial charge is 0.497 e. The van der Waals surface area contributed by atoms with E-state index in [4.69, 9.17) is 10.5 Å². The Bertz CT molecular complexity index is 446. The average molecular weight is 262 g/mol. The molecule has 0 spiro atoms. The molecule has 4 nitrogen and oxygen atoms in total. The lowest BCUT2D eigenvalue weighted by molar-refractivity contribution is -0.132. The summed E-state index contributed by atoms with van der Waals surface area (Å²) < 4.78 is 5.25. The van der Waals surface area contributed by atoms with Gasteiger partial charge in [-0.25, -0.2) is 0 Å². The number of rotatable bonds is 4. The summed E-state index contributed by atoms with van der Waals surface area (Å²) in [6.07, 6.45) is 2.48. The molecule has 1 amide bonds. The van der Waals surface area contributed by atoms with E-state index in [-0.39, 0.29) is 18.0 Å². The van der Waals surface area contributed by atoms with Gasteiger partial charge in [0.25, 0.3) is 0 Å². The van der Waals surface area contributed by atoms with E-state index in [9.17, 15) is 4.79 Å². The molecule has 2 rings (SSSR count). The number of carbonyl (C=O) groups is 1. The highest BCUT2D eigenvalue weighted by Gasteiger charge is 2.30. The Labute approximate surface area is 114 Å². The van der Waals surface area contributed by atoms with Gasteiger partial charge in [-0.05, 0) is 37.5 Å². The summed E-state index contributed by atoms with van der Waals surface area (Å²) in [6.45, 7) is 2.70. The van der Waals surface area contributed by atoms with Crippen molar-refractivity contribution in [3.05, 3.63) is 29.8 Å². The molecule has 1 heterocycles.